The molecule has 2 aromatic carbocycles. The molecule has 4 rings (SSSR count). The van der Waals surface area contributed by atoms with E-state index in [2.05, 4.69) is 15.6 Å². The minimum absolute atomic E-state index is 0. The number of aromatic nitrogens is 1. The van der Waals surface area contributed by atoms with Crippen LogP contribution in [0, 0.1) is 12.3 Å². The van der Waals surface area contributed by atoms with E-state index in [0.29, 0.717) is 26.1 Å². The lowest BCUT2D eigenvalue weighted by atomic mass is 9.85. The molecule has 0 radical (unpaired) electrons. The number of halogens is 1. The quantitative estimate of drug-likeness (QED) is 0.121. The molecule has 1 saturated heterocycles. The average Bonchev–Trinajstić information content (AvgIpc) is 3.72. The van der Waals surface area contributed by atoms with Crippen LogP contribution in [0.25, 0.3) is 10.4 Å². The minimum Gasteiger partial charge on any atom is -0.391 e. The molecule has 14 heteroatoms. The molecule has 1 aromatic heterocycles. The van der Waals surface area contributed by atoms with E-state index >= 15 is 0 Å². The van der Waals surface area contributed by atoms with Crippen LogP contribution in [0.3, 0.4) is 0 Å². The van der Waals surface area contributed by atoms with Crippen LogP contribution < -0.4 is 22.1 Å². The summed E-state index contributed by atoms with van der Waals surface area (Å²) in [5, 5.41) is 16.4. The zero-order chi connectivity index (χ0) is 37.8. The van der Waals surface area contributed by atoms with Gasteiger partial charge in [0.2, 0.25) is 23.6 Å². The van der Waals surface area contributed by atoms with Crippen molar-refractivity contribution in [3.63, 3.8) is 0 Å². The second-order valence-electron chi connectivity index (χ2n) is 14.7. The Labute approximate surface area is 322 Å². The number of nitrogens with one attached hydrogen (secondary N) is 2. The first kappa shape index (κ1) is 43.5. The Balaban J connectivity index is 0.00000756. The van der Waals surface area contributed by atoms with Crippen LogP contribution in [0.2, 0.25) is 0 Å². The summed E-state index contributed by atoms with van der Waals surface area (Å²) < 4.78 is 5.63. The summed E-state index contributed by atoms with van der Waals surface area (Å²) in [5.74, 6) is -1.36. The number of likely N-dealkylation sites (tertiary alicyclic amines) is 1. The Morgan fingerprint density at radius 1 is 1.02 bits per heavy atom. The standard InChI is InChI=1S/C39H54N6O6S.ClH/c1-25-35(52-24-43-25)29-14-11-28(12-15-29)21-42-37(49)32-20-31(46)22-45(32)38(50)36(39(2,3)4)44-34(48)18-13-27-9-7-26(8-10-27)6-5-19-51-23-30(40)16-17-33(41)47;/h7-12,14-15,24,30-32,36,46H,5-6,13,16-23,40H2,1-4H3,(H2,41,47)(H,42,49)(H,44,48);1H/t30-,31+,32-,36+;/m0./s1. The fourth-order valence-corrected chi connectivity index (χ4v) is 6.98. The van der Waals surface area contributed by atoms with Crippen molar-refractivity contribution in [1.29, 1.82) is 0 Å². The number of hydrogen-bond donors (Lipinski definition) is 5. The number of β-amino-alcohol motifs (C(OH)–C–C–N with tert-alkyl or cyclic N) is 1. The van der Waals surface area contributed by atoms with E-state index in [1.54, 1.807) is 11.3 Å². The molecule has 0 spiro atoms. The normalized spacial score (nSPS) is 16.8. The molecule has 0 aliphatic carbocycles. The first-order valence-corrected chi connectivity index (χ1v) is 18.8. The molecule has 1 aliphatic rings. The molecule has 0 unspecified atom stereocenters. The maximum atomic E-state index is 13.9. The van der Waals surface area contributed by atoms with Gasteiger partial charge in [-0.15, -0.1) is 23.7 Å². The fraction of sp³-hybridized carbons (Fsp3) is 0.513. The van der Waals surface area contributed by atoms with E-state index in [4.69, 9.17) is 16.2 Å². The molecule has 4 atom stereocenters. The molecule has 4 amide bonds. The highest BCUT2D eigenvalue weighted by Gasteiger charge is 2.44. The van der Waals surface area contributed by atoms with Crippen LogP contribution in [0.1, 0.15) is 75.3 Å². The molecule has 1 aliphatic heterocycles. The van der Waals surface area contributed by atoms with Crippen molar-refractivity contribution in [2.45, 2.75) is 103 Å². The summed E-state index contributed by atoms with van der Waals surface area (Å²) in [6.07, 6.45) is 2.40. The number of primary amides is 1. The summed E-state index contributed by atoms with van der Waals surface area (Å²) in [4.78, 5) is 58.2. The van der Waals surface area contributed by atoms with E-state index in [-0.39, 0.29) is 74.4 Å². The van der Waals surface area contributed by atoms with Gasteiger partial charge in [-0.2, -0.15) is 0 Å². The SMILES string of the molecule is Cc1ncsc1-c1ccc(CNC(=O)[C@@H]2C[C@@H](O)CN2C(=O)[C@@H](NC(=O)CCc2ccc(CCCOC[C@@H](N)CCC(N)=O)cc2)C(C)(C)C)cc1.Cl. The van der Waals surface area contributed by atoms with Gasteiger partial charge in [-0.05, 0) is 60.3 Å². The van der Waals surface area contributed by atoms with Crippen molar-refractivity contribution in [2.75, 3.05) is 19.8 Å². The number of carbonyl (C=O) groups is 4. The molecule has 2 heterocycles. The lowest BCUT2D eigenvalue weighted by Crippen LogP contribution is -2.57. The second-order valence-corrected chi connectivity index (χ2v) is 15.6. The monoisotopic (exact) mass is 770 g/mol. The van der Waals surface area contributed by atoms with Crippen molar-refractivity contribution >= 4 is 47.4 Å². The smallest absolute Gasteiger partial charge is 0.246 e. The number of aryl methyl sites for hydroxylation is 3. The number of thiazole rings is 1. The van der Waals surface area contributed by atoms with Crippen LogP contribution in [0.4, 0.5) is 0 Å². The number of hydrogen-bond acceptors (Lipinski definition) is 9. The van der Waals surface area contributed by atoms with Crippen LogP contribution in [0.5, 0.6) is 0 Å². The first-order valence-electron chi connectivity index (χ1n) is 18.0. The number of nitrogens with two attached hydrogens (primary N) is 2. The Bertz CT molecular complexity index is 1640. The largest absolute Gasteiger partial charge is 0.391 e. The second kappa shape index (κ2) is 20.5. The molecule has 0 bridgehead atoms. The molecule has 12 nitrogen and oxygen atoms in total. The summed E-state index contributed by atoms with van der Waals surface area (Å²) in [7, 11) is 0. The number of aliphatic hydroxyl groups is 1. The van der Waals surface area contributed by atoms with Crippen molar-refractivity contribution < 1.29 is 29.0 Å². The third-order valence-electron chi connectivity index (χ3n) is 9.22. The van der Waals surface area contributed by atoms with Crippen LogP contribution >= 0.6 is 23.7 Å². The number of benzene rings is 2. The highest BCUT2D eigenvalue weighted by atomic mass is 35.5. The van der Waals surface area contributed by atoms with Gasteiger partial charge in [-0.1, -0.05) is 69.3 Å². The van der Waals surface area contributed by atoms with Crippen molar-refractivity contribution in [3.8, 4) is 10.4 Å². The van der Waals surface area contributed by atoms with Gasteiger partial charge in [0.1, 0.15) is 12.1 Å². The van der Waals surface area contributed by atoms with Gasteiger partial charge in [0, 0.05) is 45.0 Å². The maximum Gasteiger partial charge on any atom is 0.246 e. The van der Waals surface area contributed by atoms with Crippen LogP contribution in [0.15, 0.2) is 54.0 Å². The lowest BCUT2D eigenvalue weighted by Gasteiger charge is -2.35. The third-order valence-corrected chi connectivity index (χ3v) is 10.2. The predicted molar refractivity (Wildman–Crippen MR) is 209 cm³/mol. The van der Waals surface area contributed by atoms with E-state index < -0.39 is 23.6 Å². The number of amides is 4. The Kier molecular flexibility index (Phi) is 16.9. The average molecular weight is 771 g/mol. The van der Waals surface area contributed by atoms with Gasteiger partial charge in [0.25, 0.3) is 0 Å². The highest BCUT2D eigenvalue weighted by molar-refractivity contribution is 7.13. The van der Waals surface area contributed by atoms with E-state index in [0.717, 1.165) is 45.7 Å². The molecule has 7 N–H and O–H groups in total. The Hall–Kier alpha value is -3.88. The van der Waals surface area contributed by atoms with Gasteiger partial charge >= 0.3 is 0 Å². The molecule has 290 valence electrons. The number of nitrogens with zero attached hydrogens (tertiary/aromatic N) is 2. The Morgan fingerprint density at radius 3 is 2.26 bits per heavy atom. The fourth-order valence-electron chi connectivity index (χ4n) is 6.17. The Morgan fingerprint density at radius 2 is 1.66 bits per heavy atom. The van der Waals surface area contributed by atoms with Gasteiger partial charge in [-0.25, -0.2) is 4.98 Å². The van der Waals surface area contributed by atoms with Crippen LogP contribution in [-0.2, 0) is 43.3 Å². The first-order chi connectivity index (χ1) is 24.7. The number of carbonyl (C=O) groups excluding carboxylic acids is 4. The third kappa shape index (κ3) is 13.5. The molecule has 3 aromatic rings. The number of aliphatic hydroxyl groups excluding tert-OH is 1. The molecule has 1 fully saturated rings. The van der Waals surface area contributed by atoms with Crippen molar-refractivity contribution in [1.82, 2.24) is 20.5 Å². The zero-order valence-corrected chi connectivity index (χ0v) is 32.8. The summed E-state index contributed by atoms with van der Waals surface area (Å²) in [5.41, 5.74) is 17.4. The molecular formula is C39H55ClN6O6S. The van der Waals surface area contributed by atoms with Gasteiger partial charge < -0.3 is 36.8 Å². The zero-order valence-electron chi connectivity index (χ0n) is 31.1. The molecular weight excluding hydrogens is 716 g/mol. The summed E-state index contributed by atoms with van der Waals surface area (Å²) >= 11 is 1.58. The predicted octanol–water partition coefficient (Wildman–Crippen LogP) is 3.82. The number of ether oxygens (including phenoxy) is 1. The maximum absolute atomic E-state index is 13.9. The van der Waals surface area contributed by atoms with Crippen LogP contribution in [-0.4, -0.2) is 82.6 Å². The summed E-state index contributed by atoms with van der Waals surface area (Å²) in [6.45, 7) is 8.83. The van der Waals surface area contributed by atoms with Gasteiger partial charge in [0.15, 0.2) is 0 Å². The lowest BCUT2D eigenvalue weighted by molar-refractivity contribution is -0.144. The molecule has 53 heavy (non-hydrogen) atoms. The van der Waals surface area contributed by atoms with E-state index in [1.807, 2.05) is 81.7 Å². The van der Waals surface area contributed by atoms with Gasteiger partial charge in [0.05, 0.1) is 28.8 Å². The van der Waals surface area contributed by atoms with Gasteiger partial charge in [-0.3, -0.25) is 19.2 Å². The van der Waals surface area contributed by atoms with E-state index in [1.165, 1.54) is 4.90 Å². The van der Waals surface area contributed by atoms with Crippen molar-refractivity contribution in [2.24, 2.45) is 16.9 Å². The van der Waals surface area contributed by atoms with Crippen molar-refractivity contribution in [3.05, 3.63) is 76.4 Å². The number of rotatable bonds is 18. The summed E-state index contributed by atoms with van der Waals surface area (Å²) in [6, 6.07) is 14.0. The minimum atomic E-state index is -0.884. The van der Waals surface area contributed by atoms with E-state index in [9.17, 15) is 24.3 Å². The topological polar surface area (TPSA) is 190 Å². The molecule has 0 saturated carbocycles. The highest BCUT2D eigenvalue weighted by Crippen LogP contribution is 2.28.